The highest BCUT2D eigenvalue weighted by Gasteiger charge is 2.32. The van der Waals surface area contributed by atoms with Gasteiger partial charge in [-0.1, -0.05) is 0 Å². The number of sulfonamides is 1. The minimum absolute atomic E-state index is 0. The molecule has 2 unspecified atom stereocenters. The molecule has 126 valence electrons. The molecular weight excluding hydrogens is 327 g/mol. The zero-order chi connectivity index (χ0) is 15.8. The molecule has 1 aliphatic heterocycles. The van der Waals surface area contributed by atoms with Crippen molar-refractivity contribution in [1.29, 1.82) is 0 Å². The number of rotatable bonds is 3. The second kappa shape index (κ2) is 7.25. The summed E-state index contributed by atoms with van der Waals surface area (Å²) in [6.07, 6.45) is 1.76. The highest BCUT2D eigenvalue weighted by atomic mass is 35.5. The molecule has 1 aromatic carbocycles. The van der Waals surface area contributed by atoms with Crippen molar-refractivity contribution >= 4 is 22.4 Å². The summed E-state index contributed by atoms with van der Waals surface area (Å²) < 4.78 is 40.6. The van der Waals surface area contributed by atoms with Gasteiger partial charge in [-0.15, -0.1) is 12.4 Å². The molecule has 1 saturated heterocycles. The van der Waals surface area contributed by atoms with Crippen molar-refractivity contribution in [2.24, 2.45) is 11.7 Å². The third-order valence-corrected chi connectivity index (χ3v) is 6.05. The second-order valence-corrected chi connectivity index (χ2v) is 7.93. The first-order chi connectivity index (χ1) is 9.73. The molecular formula is C15H24ClFN2O2S. The van der Waals surface area contributed by atoms with Crippen LogP contribution in [0.3, 0.4) is 0 Å². The fourth-order valence-electron chi connectivity index (χ4n) is 2.83. The highest BCUT2D eigenvalue weighted by molar-refractivity contribution is 7.89. The first-order valence-electron chi connectivity index (χ1n) is 7.26. The molecule has 0 aliphatic carbocycles. The number of aryl methyl sites for hydroxylation is 2. The van der Waals surface area contributed by atoms with E-state index >= 15 is 0 Å². The van der Waals surface area contributed by atoms with Crippen LogP contribution in [0.15, 0.2) is 17.0 Å². The van der Waals surface area contributed by atoms with Crippen molar-refractivity contribution in [3.63, 3.8) is 0 Å². The van der Waals surface area contributed by atoms with Crippen molar-refractivity contribution in [3.05, 3.63) is 29.1 Å². The van der Waals surface area contributed by atoms with Gasteiger partial charge in [0.05, 0.1) is 4.90 Å². The molecule has 0 bridgehead atoms. The van der Waals surface area contributed by atoms with Crippen LogP contribution in [-0.4, -0.2) is 31.9 Å². The largest absolute Gasteiger partial charge is 0.328 e. The van der Waals surface area contributed by atoms with E-state index in [0.29, 0.717) is 24.2 Å². The van der Waals surface area contributed by atoms with E-state index in [0.717, 1.165) is 12.8 Å². The van der Waals surface area contributed by atoms with Gasteiger partial charge < -0.3 is 5.73 Å². The Balaban J connectivity index is 0.00000242. The molecule has 1 heterocycles. The molecule has 0 aromatic heterocycles. The van der Waals surface area contributed by atoms with E-state index in [1.54, 1.807) is 13.8 Å². The van der Waals surface area contributed by atoms with Crippen LogP contribution in [0.1, 0.15) is 30.9 Å². The monoisotopic (exact) mass is 350 g/mol. The number of nitrogens with zero attached hydrogens (tertiary/aromatic N) is 1. The molecule has 1 aliphatic rings. The molecule has 0 spiro atoms. The van der Waals surface area contributed by atoms with Crippen LogP contribution in [0.2, 0.25) is 0 Å². The lowest BCUT2D eigenvalue weighted by Gasteiger charge is -2.33. The van der Waals surface area contributed by atoms with E-state index < -0.39 is 10.0 Å². The predicted molar refractivity (Wildman–Crippen MR) is 88.3 cm³/mol. The van der Waals surface area contributed by atoms with Gasteiger partial charge in [-0.2, -0.15) is 4.31 Å². The van der Waals surface area contributed by atoms with Crippen LogP contribution in [0.4, 0.5) is 4.39 Å². The van der Waals surface area contributed by atoms with Crippen molar-refractivity contribution in [3.8, 4) is 0 Å². The first kappa shape index (κ1) is 19.4. The van der Waals surface area contributed by atoms with Gasteiger partial charge in [0.2, 0.25) is 10.0 Å². The minimum atomic E-state index is -3.58. The lowest BCUT2D eigenvalue weighted by atomic mass is 9.93. The predicted octanol–water partition coefficient (Wildman–Crippen LogP) is 2.61. The summed E-state index contributed by atoms with van der Waals surface area (Å²) in [6.45, 7) is 6.02. The van der Waals surface area contributed by atoms with Crippen molar-refractivity contribution in [1.82, 2.24) is 4.31 Å². The molecule has 2 N–H and O–H groups in total. The Bertz CT molecular complexity index is 611. The fourth-order valence-corrected chi connectivity index (χ4v) is 4.53. The molecule has 2 atom stereocenters. The zero-order valence-corrected chi connectivity index (χ0v) is 14.8. The Morgan fingerprint density at radius 2 is 1.86 bits per heavy atom. The van der Waals surface area contributed by atoms with Crippen LogP contribution >= 0.6 is 12.4 Å². The summed E-state index contributed by atoms with van der Waals surface area (Å²) >= 11 is 0. The maximum Gasteiger partial charge on any atom is 0.243 e. The van der Waals surface area contributed by atoms with E-state index in [1.807, 2.05) is 6.92 Å². The zero-order valence-electron chi connectivity index (χ0n) is 13.2. The molecule has 1 aromatic rings. The number of halogens is 2. The van der Waals surface area contributed by atoms with Gasteiger partial charge in [-0.3, -0.25) is 0 Å². The molecule has 0 saturated carbocycles. The Kier molecular flexibility index (Phi) is 6.38. The van der Waals surface area contributed by atoms with Crippen LogP contribution < -0.4 is 5.73 Å². The van der Waals surface area contributed by atoms with E-state index in [2.05, 4.69) is 0 Å². The molecule has 22 heavy (non-hydrogen) atoms. The number of benzene rings is 1. The molecule has 0 radical (unpaired) electrons. The summed E-state index contributed by atoms with van der Waals surface area (Å²) in [5.41, 5.74) is 6.62. The van der Waals surface area contributed by atoms with Gasteiger partial charge in [0.15, 0.2) is 0 Å². The van der Waals surface area contributed by atoms with E-state index in [4.69, 9.17) is 5.73 Å². The Morgan fingerprint density at radius 3 is 2.36 bits per heavy atom. The van der Waals surface area contributed by atoms with Gasteiger partial charge in [0.25, 0.3) is 0 Å². The van der Waals surface area contributed by atoms with Gasteiger partial charge in [0, 0.05) is 19.1 Å². The maximum atomic E-state index is 13.7. The summed E-state index contributed by atoms with van der Waals surface area (Å²) in [5, 5.41) is 0. The van der Waals surface area contributed by atoms with Gasteiger partial charge >= 0.3 is 0 Å². The van der Waals surface area contributed by atoms with Crippen LogP contribution in [-0.2, 0) is 10.0 Å². The number of nitrogens with two attached hydrogens (primary N) is 1. The Hall–Kier alpha value is -0.690. The molecule has 4 nitrogen and oxygen atoms in total. The highest BCUT2D eigenvalue weighted by Crippen LogP contribution is 2.27. The minimum Gasteiger partial charge on any atom is -0.328 e. The molecule has 0 amide bonds. The van der Waals surface area contributed by atoms with Gasteiger partial charge in [-0.25, -0.2) is 12.8 Å². The smallest absolute Gasteiger partial charge is 0.243 e. The summed E-state index contributed by atoms with van der Waals surface area (Å²) in [5.74, 6) is -0.169. The quantitative estimate of drug-likeness (QED) is 0.911. The van der Waals surface area contributed by atoms with Crippen LogP contribution in [0, 0.1) is 25.6 Å². The fraction of sp³-hybridized carbons (Fsp3) is 0.600. The average molecular weight is 351 g/mol. The normalized spacial score (nSPS) is 21.2. The summed E-state index contributed by atoms with van der Waals surface area (Å²) in [7, 11) is -3.58. The van der Waals surface area contributed by atoms with E-state index in [-0.39, 0.29) is 35.1 Å². The lowest BCUT2D eigenvalue weighted by molar-refractivity contribution is 0.243. The van der Waals surface area contributed by atoms with Gasteiger partial charge in [0.1, 0.15) is 5.82 Å². The third-order valence-electron chi connectivity index (χ3n) is 4.21. The summed E-state index contributed by atoms with van der Waals surface area (Å²) in [4.78, 5) is 0.171. The van der Waals surface area contributed by atoms with E-state index in [1.165, 1.54) is 16.4 Å². The maximum absolute atomic E-state index is 13.7. The third kappa shape index (κ3) is 3.79. The van der Waals surface area contributed by atoms with Crippen molar-refractivity contribution in [2.75, 3.05) is 13.1 Å². The van der Waals surface area contributed by atoms with Crippen molar-refractivity contribution in [2.45, 2.75) is 44.6 Å². The van der Waals surface area contributed by atoms with Gasteiger partial charge in [-0.05, 0) is 62.8 Å². The molecule has 7 heteroatoms. The topological polar surface area (TPSA) is 63.4 Å². The van der Waals surface area contributed by atoms with E-state index in [9.17, 15) is 12.8 Å². The number of piperidine rings is 1. The Morgan fingerprint density at radius 1 is 1.32 bits per heavy atom. The second-order valence-electron chi connectivity index (χ2n) is 6.00. The standard InChI is InChI=1S/C15H23FN2O2S.ClH/c1-10-7-14(8-11(2)15(10)16)21(19,20)18-6-4-5-13(9-18)12(3)17;/h7-8,12-13H,4-6,9,17H2,1-3H3;1H. The van der Waals surface area contributed by atoms with Crippen LogP contribution in [0.5, 0.6) is 0 Å². The SMILES string of the molecule is Cc1cc(S(=O)(=O)N2CCCC(C(C)N)C2)cc(C)c1F.Cl. The number of hydrogen-bond donors (Lipinski definition) is 1. The number of hydrogen-bond acceptors (Lipinski definition) is 3. The Labute approximate surface area is 138 Å². The average Bonchev–Trinajstić information content (AvgIpc) is 2.44. The molecule has 2 rings (SSSR count). The van der Waals surface area contributed by atoms with Crippen LogP contribution in [0.25, 0.3) is 0 Å². The summed E-state index contributed by atoms with van der Waals surface area (Å²) in [6, 6.07) is 2.79. The first-order valence-corrected chi connectivity index (χ1v) is 8.70. The van der Waals surface area contributed by atoms with Crippen molar-refractivity contribution < 1.29 is 12.8 Å². The lowest BCUT2D eigenvalue weighted by Crippen LogP contribution is -2.45. The molecule has 1 fully saturated rings.